The zero-order chi connectivity index (χ0) is 13.8. The molecule has 1 aliphatic heterocycles. The van der Waals surface area contributed by atoms with Gasteiger partial charge in [-0.05, 0) is 12.1 Å². The molecule has 0 spiro atoms. The van der Waals surface area contributed by atoms with Crippen LogP contribution in [0.2, 0.25) is 0 Å². The summed E-state index contributed by atoms with van der Waals surface area (Å²) in [6.45, 7) is 3.40. The molecular formula is C13H14N2OS4. The second-order valence-electron chi connectivity index (χ2n) is 4.22. The van der Waals surface area contributed by atoms with Crippen LogP contribution < -0.4 is 0 Å². The van der Waals surface area contributed by atoms with Crippen LogP contribution in [0.5, 0.6) is 0 Å². The smallest absolute Gasteiger partial charge is 0.151 e. The van der Waals surface area contributed by atoms with Gasteiger partial charge in [-0.3, -0.25) is 0 Å². The van der Waals surface area contributed by atoms with Gasteiger partial charge in [-0.25, -0.2) is 4.98 Å². The van der Waals surface area contributed by atoms with E-state index in [1.54, 1.807) is 34.9 Å². The summed E-state index contributed by atoms with van der Waals surface area (Å²) in [5, 5.41) is 0.913. The van der Waals surface area contributed by atoms with Gasteiger partial charge >= 0.3 is 0 Å². The number of nitrogens with zero attached hydrogens (tertiary/aromatic N) is 2. The second kappa shape index (κ2) is 7.09. The van der Waals surface area contributed by atoms with Gasteiger partial charge in [0.05, 0.1) is 28.5 Å². The van der Waals surface area contributed by atoms with E-state index in [1.165, 1.54) is 4.70 Å². The van der Waals surface area contributed by atoms with Crippen LogP contribution >= 0.6 is 47.1 Å². The molecule has 1 aromatic heterocycles. The van der Waals surface area contributed by atoms with Gasteiger partial charge in [0.1, 0.15) is 4.32 Å². The van der Waals surface area contributed by atoms with Crippen molar-refractivity contribution in [3.63, 3.8) is 0 Å². The molecule has 20 heavy (non-hydrogen) atoms. The van der Waals surface area contributed by atoms with Gasteiger partial charge in [0, 0.05) is 13.1 Å². The molecular weight excluding hydrogens is 328 g/mol. The van der Waals surface area contributed by atoms with Crippen LogP contribution in [0.1, 0.15) is 0 Å². The fourth-order valence-corrected chi connectivity index (χ4v) is 5.70. The van der Waals surface area contributed by atoms with Crippen molar-refractivity contribution in [3.05, 3.63) is 24.3 Å². The van der Waals surface area contributed by atoms with Crippen molar-refractivity contribution in [2.24, 2.45) is 0 Å². The minimum atomic E-state index is 0.783. The molecule has 0 unspecified atom stereocenters. The largest absolute Gasteiger partial charge is 0.378 e. The molecule has 0 amide bonds. The molecule has 1 aromatic carbocycles. The monoisotopic (exact) mass is 342 g/mol. The first-order valence-electron chi connectivity index (χ1n) is 6.31. The van der Waals surface area contributed by atoms with Crippen molar-refractivity contribution in [1.82, 2.24) is 9.88 Å². The van der Waals surface area contributed by atoms with Crippen molar-refractivity contribution in [2.45, 2.75) is 4.34 Å². The lowest BCUT2D eigenvalue weighted by Gasteiger charge is -2.28. The predicted octanol–water partition coefficient (Wildman–Crippen LogP) is 3.70. The molecule has 1 fully saturated rings. The van der Waals surface area contributed by atoms with Crippen LogP contribution in [0.15, 0.2) is 28.6 Å². The van der Waals surface area contributed by atoms with Crippen molar-refractivity contribution >= 4 is 61.6 Å². The van der Waals surface area contributed by atoms with Gasteiger partial charge in [-0.2, -0.15) is 0 Å². The van der Waals surface area contributed by atoms with Gasteiger partial charge in [0.15, 0.2) is 4.34 Å². The number of hydrogen-bond acceptors (Lipinski definition) is 6. The maximum absolute atomic E-state index is 5.46. The maximum atomic E-state index is 5.46. The topological polar surface area (TPSA) is 25.4 Å². The summed E-state index contributed by atoms with van der Waals surface area (Å²) < 4.78 is 8.67. The Hall–Kier alpha value is -0.340. The van der Waals surface area contributed by atoms with Crippen molar-refractivity contribution in [3.8, 4) is 0 Å². The molecule has 7 heteroatoms. The third kappa shape index (κ3) is 3.65. The minimum Gasteiger partial charge on any atom is -0.378 e. The Bertz CT molecular complexity index is 562. The van der Waals surface area contributed by atoms with Gasteiger partial charge in [-0.1, -0.05) is 47.9 Å². The van der Waals surface area contributed by atoms with E-state index in [0.29, 0.717) is 0 Å². The van der Waals surface area contributed by atoms with Crippen molar-refractivity contribution in [2.75, 3.05) is 31.4 Å². The van der Waals surface area contributed by atoms with Gasteiger partial charge < -0.3 is 9.64 Å². The zero-order valence-corrected chi connectivity index (χ0v) is 14.0. The van der Waals surface area contributed by atoms with Crippen LogP contribution in [-0.4, -0.2) is 45.6 Å². The fourth-order valence-electron chi connectivity index (χ4n) is 1.88. The summed E-state index contributed by atoms with van der Waals surface area (Å²) in [4.78, 5) is 6.84. The summed E-state index contributed by atoms with van der Waals surface area (Å²) in [6, 6.07) is 8.25. The SMILES string of the molecule is S=C(SCSc1nc2ccccc2s1)N1CCOCC1. The molecule has 0 aliphatic carbocycles. The standard InChI is InChI=1S/C13H14N2OS4/c17-13(15-5-7-16-8-6-15)19-9-18-12-14-10-3-1-2-4-11(10)20-12/h1-4H,5-9H2. The van der Waals surface area contributed by atoms with Crippen LogP contribution in [0, 0.1) is 0 Å². The summed E-state index contributed by atoms with van der Waals surface area (Å²) in [5.41, 5.74) is 1.08. The third-order valence-corrected chi connectivity index (χ3v) is 6.74. The van der Waals surface area contributed by atoms with Crippen molar-refractivity contribution < 1.29 is 4.74 Å². The number of thioether (sulfide) groups is 2. The molecule has 3 nitrogen and oxygen atoms in total. The Morgan fingerprint density at radius 3 is 2.95 bits per heavy atom. The number of thiocarbonyl (C=S) groups is 1. The van der Waals surface area contributed by atoms with E-state index >= 15 is 0 Å². The Morgan fingerprint density at radius 1 is 1.35 bits per heavy atom. The summed E-state index contributed by atoms with van der Waals surface area (Å²) in [7, 11) is 0. The number of thiazole rings is 1. The number of rotatable bonds is 3. The molecule has 1 saturated heterocycles. The normalized spacial score (nSPS) is 15.7. The fraction of sp³-hybridized carbons (Fsp3) is 0.385. The quantitative estimate of drug-likeness (QED) is 0.479. The average Bonchev–Trinajstić information content (AvgIpc) is 2.90. The number of morpholine rings is 1. The molecule has 1 aliphatic rings. The van der Waals surface area contributed by atoms with E-state index in [2.05, 4.69) is 28.1 Å². The average molecular weight is 343 g/mol. The van der Waals surface area contributed by atoms with E-state index in [1.807, 2.05) is 6.07 Å². The first-order chi connectivity index (χ1) is 9.83. The number of fused-ring (bicyclic) bond motifs is 1. The molecule has 0 saturated carbocycles. The molecule has 2 heterocycles. The third-order valence-electron chi connectivity index (χ3n) is 2.91. The molecule has 0 radical (unpaired) electrons. The summed E-state index contributed by atoms with van der Waals surface area (Å²) in [5.74, 6) is 0. The Morgan fingerprint density at radius 2 is 2.15 bits per heavy atom. The molecule has 0 atom stereocenters. The maximum Gasteiger partial charge on any atom is 0.151 e. The summed E-state index contributed by atoms with van der Waals surface area (Å²) in [6.07, 6.45) is 0. The Labute approximate surface area is 136 Å². The molecule has 0 bridgehead atoms. The van der Waals surface area contributed by atoms with E-state index in [-0.39, 0.29) is 0 Å². The Balaban J connectivity index is 1.50. The highest BCUT2D eigenvalue weighted by atomic mass is 32.2. The van der Waals surface area contributed by atoms with Gasteiger partial charge in [0.25, 0.3) is 0 Å². The highest BCUT2D eigenvalue weighted by Gasteiger charge is 2.14. The lowest BCUT2D eigenvalue weighted by molar-refractivity contribution is 0.0702. The number of ether oxygens (including phenoxy) is 1. The predicted molar refractivity (Wildman–Crippen MR) is 92.9 cm³/mol. The second-order valence-corrected chi connectivity index (χ2v) is 8.45. The highest BCUT2D eigenvalue weighted by molar-refractivity contribution is 8.29. The molecule has 0 N–H and O–H groups in total. The zero-order valence-electron chi connectivity index (χ0n) is 10.8. The lowest BCUT2D eigenvalue weighted by atomic mass is 10.3. The van der Waals surface area contributed by atoms with Gasteiger partial charge in [0.2, 0.25) is 0 Å². The molecule has 3 rings (SSSR count). The first-order valence-corrected chi connectivity index (χ1v) is 9.50. The van der Waals surface area contributed by atoms with Crippen LogP contribution in [-0.2, 0) is 4.74 Å². The number of para-hydroxylation sites is 1. The van der Waals surface area contributed by atoms with E-state index in [4.69, 9.17) is 17.0 Å². The summed E-state index contributed by atoms with van der Waals surface area (Å²) >= 11 is 10.7. The Kier molecular flexibility index (Phi) is 5.17. The molecule has 106 valence electrons. The van der Waals surface area contributed by atoms with Crippen LogP contribution in [0.3, 0.4) is 0 Å². The number of benzene rings is 1. The van der Waals surface area contributed by atoms with Crippen LogP contribution in [0.25, 0.3) is 10.2 Å². The molecule has 2 aromatic rings. The van der Waals surface area contributed by atoms with E-state index in [0.717, 1.165) is 45.6 Å². The number of aromatic nitrogens is 1. The van der Waals surface area contributed by atoms with E-state index in [9.17, 15) is 0 Å². The van der Waals surface area contributed by atoms with Gasteiger partial charge in [-0.15, -0.1) is 11.3 Å². The number of hydrogen-bond donors (Lipinski definition) is 0. The first kappa shape index (κ1) is 14.6. The highest BCUT2D eigenvalue weighted by Crippen LogP contribution is 2.31. The lowest BCUT2D eigenvalue weighted by Crippen LogP contribution is -2.38. The minimum absolute atomic E-state index is 0.783. The van der Waals surface area contributed by atoms with Crippen molar-refractivity contribution in [1.29, 1.82) is 0 Å². The van der Waals surface area contributed by atoms with Crippen LogP contribution in [0.4, 0.5) is 0 Å². The van der Waals surface area contributed by atoms with E-state index < -0.39 is 0 Å².